The van der Waals surface area contributed by atoms with E-state index in [1.54, 1.807) is 7.11 Å². The number of hydrogen-bond acceptors (Lipinski definition) is 4. The minimum absolute atomic E-state index is 0.473. The normalized spacial score (nSPS) is 20.6. The van der Waals surface area contributed by atoms with E-state index in [2.05, 4.69) is 21.5 Å². The van der Waals surface area contributed by atoms with E-state index < -0.39 is 0 Å². The molecule has 5 nitrogen and oxygen atoms in total. The van der Waals surface area contributed by atoms with Crippen molar-refractivity contribution in [2.45, 2.75) is 25.3 Å². The summed E-state index contributed by atoms with van der Waals surface area (Å²) in [6, 6.07) is 4.47. The number of fused-ring (bicyclic) bond motifs is 1. The Morgan fingerprint density at radius 3 is 3.15 bits per heavy atom. The second-order valence-electron chi connectivity index (χ2n) is 5.55. The number of methoxy groups -OCH3 is 1. The molecule has 0 aliphatic carbocycles. The topological polar surface area (TPSA) is 43.2 Å². The lowest BCUT2D eigenvalue weighted by Crippen LogP contribution is -2.34. The second-order valence-corrected chi connectivity index (χ2v) is 5.55. The van der Waals surface area contributed by atoms with Crippen LogP contribution >= 0.6 is 0 Å². The number of likely N-dealkylation sites (tertiary alicyclic amines) is 1. The Kier molecular flexibility index (Phi) is 3.98. The first kappa shape index (κ1) is 13.5. The van der Waals surface area contributed by atoms with Gasteiger partial charge in [0.2, 0.25) is 0 Å². The predicted octanol–water partition coefficient (Wildman–Crippen LogP) is 1.89. The Morgan fingerprint density at radius 2 is 2.35 bits per heavy atom. The summed E-state index contributed by atoms with van der Waals surface area (Å²) >= 11 is 0. The minimum atomic E-state index is 0.473. The van der Waals surface area contributed by atoms with Gasteiger partial charge in [0.1, 0.15) is 11.3 Å². The molecule has 1 aliphatic heterocycles. The van der Waals surface area contributed by atoms with Crippen LogP contribution in [0.4, 0.5) is 0 Å². The summed E-state index contributed by atoms with van der Waals surface area (Å²) in [7, 11) is 3.92. The van der Waals surface area contributed by atoms with Crippen LogP contribution in [-0.2, 0) is 11.2 Å². The summed E-state index contributed by atoms with van der Waals surface area (Å²) in [4.78, 5) is 11.7. The summed E-state index contributed by atoms with van der Waals surface area (Å²) in [6.45, 7) is 2.96. The molecular weight excluding hydrogens is 252 g/mol. The van der Waals surface area contributed by atoms with E-state index in [1.807, 2.05) is 18.3 Å². The van der Waals surface area contributed by atoms with Gasteiger partial charge in [0.05, 0.1) is 6.61 Å². The Morgan fingerprint density at radius 1 is 1.45 bits per heavy atom. The van der Waals surface area contributed by atoms with Gasteiger partial charge in [0, 0.05) is 32.3 Å². The van der Waals surface area contributed by atoms with E-state index in [-0.39, 0.29) is 0 Å². The fraction of sp³-hybridized carbons (Fsp3) is 0.600. The number of piperidine rings is 1. The molecule has 3 rings (SSSR count). The smallest absolute Gasteiger partial charge is 0.160 e. The molecule has 0 aromatic carbocycles. The van der Waals surface area contributed by atoms with Crippen molar-refractivity contribution in [2.75, 3.05) is 33.9 Å². The van der Waals surface area contributed by atoms with Gasteiger partial charge in [0.25, 0.3) is 0 Å². The Bertz CT molecular complexity index is 580. The number of imidazole rings is 1. The summed E-state index contributed by atoms with van der Waals surface area (Å²) in [5, 5.41) is 0. The molecule has 1 saturated heterocycles. The van der Waals surface area contributed by atoms with Crippen LogP contribution in [0, 0.1) is 0 Å². The summed E-state index contributed by atoms with van der Waals surface area (Å²) < 4.78 is 7.56. The monoisotopic (exact) mass is 274 g/mol. The molecule has 1 aliphatic rings. The number of ether oxygens (including phenoxy) is 1. The number of pyridine rings is 1. The zero-order valence-corrected chi connectivity index (χ0v) is 12.2. The highest BCUT2D eigenvalue weighted by Crippen LogP contribution is 2.26. The molecule has 0 saturated carbocycles. The van der Waals surface area contributed by atoms with Crippen molar-refractivity contribution in [2.24, 2.45) is 0 Å². The van der Waals surface area contributed by atoms with Crippen molar-refractivity contribution in [3.63, 3.8) is 0 Å². The van der Waals surface area contributed by atoms with Crippen LogP contribution in [0.2, 0.25) is 0 Å². The predicted molar refractivity (Wildman–Crippen MR) is 78.9 cm³/mol. The maximum Gasteiger partial charge on any atom is 0.160 e. The second kappa shape index (κ2) is 5.89. The van der Waals surface area contributed by atoms with Crippen LogP contribution in [0.5, 0.6) is 0 Å². The fourth-order valence-corrected chi connectivity index (χ4v) is 3.08. The van der Waals surface area contributed by atoms with Gasteiger partial charge >= 0.3 is 0 Å². The van der Waals surface area contributed by atoms with Crippen LogP contribution in [0.15, 0.2) is 18.3 Å². The van der Waals surface area contributed by atoms with E-state index >= 15 is 0 Å². The molecule has 2 aromatic rings. The van der Waals surface area contributed by atoms with Crippen molar-refractivity contribution in [3.8, 4) is 0 Å². The zero-order chi connectivity index (χ0) is 13.9. The van der Waals surface area contributed by atoms with E-state index in [0.29, 0.717) is 12.6 Å². The summed E-state index contributed by atoms with van der Waals surface area (Å²) in [6.07, 6.45) is 5.13. The van der Waals surface area contributed by atoms with Crippen LogP contribution in [0.25, 0.3) is 11.2 Å². The van der Waals surface area contributed by atoms with Crippen LogP contribution in [0.3, 0.4) is 0 Å². The number of aromatic nitrogens is 3. The molecule has 1 atom stereocenters. The molecule has 5 heteroatoms. The van der Waals surface area contributed by atoms with Crippen molar-refractivity contribution in [1.29, 1.82) is 0 Å². The lowest BCUT2D eigenvalue weighted by molar-refractivity contribution is 0.191. The molecule has 1 fully saturated rings. The van der Waals surface area contributed by atoms with Gasteiger partial charge in [-0.05, 0) is 38.6 Å². The maximum atomic E-state index is 5.22. The van der Waals surface area contributed by atoms with Crippen LogP contribution < -0.4 is 0 Å². The van der Waals surface area contributed by atoms with Gasteiger partial charge in [-0.25, -0.2) is 9.97 Å². The van der Waals surface area contributed by atoms with Gasteiger partial charge in [0.15, 0.2) is 5.65 Å². The van der Waals surface area contributed by atoms with Crippen molar-refractivity contribution in [3.05, 3.63) is 24.2 Å². The molecule has 0 N–H and O–H groups in total. The third kappa shape index (κ3) is 2.55. The molecular formula is C15H22N4O. The highest BCUT2D eigenvalue weighted by atomic mass is 16.5. The number of hydrogen-bond donors (Lipinski definition) is 0. The first-order chi connectivity index (χ1) is 9.79. The van der Waals surface area contributed by atoms with Crippen molar-refractivity contribution >= 4 is 11.2 Å². The van der Waals surface area contributed by atoms with Crippen molar-refractivity contribution in [1.82, 2.24) is 19.4 Å². The summed E-state index contributed by atoms with van der Waals surface area (Å²) in [5.74, 6) is 1.10. The van der Waals surface area contributed by atoms with Gasteiger partial charge in [-0.15, -0.1) is 0 Å². The zero-order valence-electron chi connectivity index (χ0n) is 12.2. The average Bonchev–Trinajstić information content (AvgIpc) is 2.83. The molecule has 0 amide bonds. The molecule has 3 heterocycles. The first-order valence-corrected chi connectivity index (χ1v) is 7.29. The lowest BCUT2D eigenvalue weighted by Gasteiger charge is -2.31. The fourth-order valence-electron chi connectivity index (χ4n) is 3.08. The number of likely N-dealkylation sites (N-methyl/N-ethyl adjacent to an activating group) is 1. The van der Waals surface area contributed by atoms with Gasteiger partial charge < -0.3 is 14.2 Å². The largest absolute Gasteiger partial charge is 0.384 e. The highest BCUT2D eigenvalue weighted by Gasteiger charge is 2.23. The van der Waals surface area contributed by atoms with Crippen LogP contribution in [0.1, 0.15) is 24.7 Å². The Hall–Kier alpha value is -1.46. The molecule has 20 heavy (non-hydrogen) atoms. The molecule has 0 radical (unpaired) electrons. The van der Waals surface area contributed by atoms with Gasteiger partial charge in [-0.2, -0.15) is 0 Å². The van der Waals surface area contributed by atoms with Crippen LogP contribution in [-0.4, -0.2) is 53.3 Å². The average molecular weight is 274 g/mol. The van der Waals surface area contributed by atoms with E-state index in [1.165, 1.54) is 19.4 Å². The SMILES string of the molecule is COCCc1nc2cccnc2n1C1CCCN(C)C1. The quantitative estimate of drug-likeness (QED) is 0.854. The highest BCUT2D eigenvalue weighted by molar-refractivity contribution is 5.71. The molecule has 108 valence electrons. The lowest BCUT2D eigenvalue weighted by atomic mass is 10.1. The standard InChI is InChI=1S/C15H22N4O/c1-18-9-4-5-12(11-18)19-14(7-10-20-2)17-13-6-3-8-16-15(13)19/h3,6,8,12H,4-5,7,9-11H2,1-2H3. The van der Waals surface area contributed by atoms with E-state index in [4.69, 9.17) is 9.72 Å². The first-order valence-electron chi connectivity index (χ1n) is 7.29. The van der Waals surface area contributed by atoms with Crippen molar-refractivity contribution < 1.29 is 4.74 Å². The molecule has 0 spiro atoms. The number of nitrogens with zero attached hydrogens (tertiary/aromatic N) is 4. The Balaban J connectivity index is 2.01. The number of rotatable bonds is 4. The van der Waals surface area contributed by atoms with Gasteiger partial charge in [-0.1, -0.05) is 0 Å². The van der Waals surface area contributed by atoms with E-state index in [9.17, 15) is 0 Å². The third-order valence-corrected chi connectivity index (χ3v) is 4.02. The Labute approximate surface area is 119 Å². The third-order valence-electron chi connectivity index (χ3n) is 4.02. The summed E-state index contributed by atoms with van der Waals surface area (Å²) in [5.41, 5.74) is 2.01. The van der Waals surface area contributed by atoms with Gasteiger partial charge in [-0.3, -0.25) is 0 Å². The maximum absolute atomic E-state index is 5.22. The molecule has 0 bridgehead atoms. The van der Waals surface area contributed by atoms with E-state index in [0.717, 1.165) is 30.0 Å². The molecule has 2 aromatic heterocycles. The minimum Gasteiger partial charge on any atom is -0.384 e. The molecule has 1 unspecified atom stereocenters.